The highest BCUT2D eigenvalue weighted by Crippen LogP contribution is 2.23. The van der Waals surface area contributed by atoms with Crippen LogP contribution in [0, 0.1) is 5.41 Å². The summed E-state index contributed by atoms with van der Waals surface area (Å²) in [7, 11) is -2.88. The molecule has 0 atom stereocenters. The zero-order valence-electron chi connectivity index (χ0n) is 12.4. The Hall–Kier alpha value is -1.21. The highest BCUT2D eigenvalue weighted by Gasteiger charge is 2.26. The molecule has 0 aliphatic carbocycles. The molecule has 0 radical (unpaired) electrons. The fourth-order valence-electron chi connectivity index (χ4n) is 1.67. The quantitative estimate of drug-likeness (QED) is 0.799. The van der Waals surface area contributed by atoms with Crippen LogP contribution in [0.25, 0.3) is 0 Å². The number of methoxy groups -OCH3 is 1. The maximum atomic E-state index is 12.4. The minimum Gasteiger partial charge on any atom is -0.385 e. The second-order valence-electron chi connectivity index (χ2n) is 5.59. The van der Waals surface area contributed by atoms with E-state index in [9.17, 15) is 17.2 Å². The van der Waals surface area contributed by atoms with Crippen molar-refractivity contribution < 1.29 is 21.9 Å². The molecular weight excluding hydrogens is 300 g/mol. The van der Waals surface area contributed by atoms with Crippen molar-refractivity contribution in [1.29, 1.82) is 0 Å². The maximum absolute atomic E-state index is 12.4. The zero-order chi connectivity index (χ0) is 16.1. The van der Waals surface area contributed by atoms with Crippen molar-refractivity contribution >= 4 is 15.5 Å². The highest BCUT2D eigenvalue weighted by molar-refractivity contribution is 7.91. The van der Waals surface area contributed by atoms with Crippen LogP contribution in [-0.4, -0.2) is 34.4 Å². The summed E-state index contributed by atoms with van der Waals surface area (Å²) in [5, 5.41) is 3.16. The van der Waals surface area contributed by atoms with Gasteiger partial charge in [0.2, 0.25) is 9.84 Å². The first kappa shape index (κ1) is 17.8. The summed E-state index contributed by atoms with van der Waals surface area (Å²) in [5.74, 6) is -3.40. The summed E-state index contributed by atoms with van der Waals surface area (Å²) in [6.07, 6.45) is 0.869. The Balaban J connectivity index is 2.68. The Morgan fingerprint density at radius 3 is 2.29 bits per heavy atom. The van der Waals surface area contributed by atoms with Crippen molar-refractivity contribution in [3.63, 3.8) is 0 Å². The Morgan fingerprint density at radius 2 is 1.81 bits per heavy atom. The zero-order valence-corrected chi connectivity index (χ0v) is 13.2. The van der Waals surface area contributed by atoms with Gasteiger partial charge < -0.3 is 10.1 Å². The number of anilines is 1. The van der Waals surface area contributed by atoms with Gasteiger partial charge in [-0.15, -0.1) is 0 Å². The molecule has 0 aliphatic heterocycles. The summed E-state index contributed by atoms with van der Waals surface area (Å²) in [4.78, 5) is -0.373. The van der Waals surface area contributed by atoms with Crippen molar-refractivity contribution in [1.82, 2.24) is 0 Å². The molecule has 1 rings (SSSR count). The van der Waals surface area contributed by atoms with Crippen molar-refractivity contribution in [2.24, 2.45) is 5.41 Å². The van der Waals surface area contributed by atoms with E-state index in [2.05, 4.69) is 19.2 Å². The number of hydrogen-bond donors (Lipinski definition) is 1. The van der Waals surface area contributed by atoms with Crippen LogP contribution in [-0.2, 0) is 14.6 Å². The number of rotatable bonds is 8. The fourth-order valence-corrected chi connectivity index (χ4v) is 2.39. The predicted octanol–water partition coefficient (Wildman–Crippen LogP) is 3.16. The number of hydrogen-bond acceptors (Lipinski definition) is 4. The van der Waals surface area contributed by atoms with E-state index in [0.29, 0.717) is 18.8 Å². The first-order valence-corrected chi connectivity index (χ1v) is 8.08. The number of nitrogens with one attached hydrogen (secondary N) is 1. The van der Waals surface area contributed by atoms with Gasteiger partial charge in [-0.1, -0.05) is 13.8 Å². The van der Waals surface area contributed by atoms with E-state index < -0.39 is 15.6 Å². The van der Waals surface area contributed by atoms with Gasteiger partial charge in [-0.25, -0.2) is 8.42 Å². The van der Waals surface area contributed by atoms with E-state index in [-0.39, 0.29) is 10.3 Å². The highest BCUT2D eigenvalue weighted by atomic mass is 32.2. The lowest BCUT2D eigenvalue weighted by Crippen LogP contribution is -2.24. The maximum Gasteiger partial charge on any atom is 0.341 e. The number of sulfone groups is 1. The first-order chi connectivity index (χ1) is 9.69. The molecule has 0 unspecified atom stereocenters. The van der Waals surface area contributed by atoms with Gasteiger partial charge in [-0.05, 0) is 36.1 Å². The molecule has 0 amide bonds. The Morgan fingerprint density at radius 1 is 1.24 bits per heavy atom. The van der Waals surface area contributed by atoms with Crippen molar-refractivity contribution in [3.8, 4) is 0 Å². The SMILES string of the molecule is COCCC(C)(C)CNc1ccc(S(=O)(=O)C(F)F)cc1. The molecule has 0 saturated heterocycles. The third kappa shape index (κ3) is 5.24. The molecule has 7 heteroatoms. The second-order valence-corrected chi connectivity index (χ2v) is 7.51. The lowest BCUT2D eigenvalue weighted by atomic mass is 9.89. The van der Waals surface area contributed by atoms with E-state index in [1.165, 1.54) is 24.3 Å². The van der Waals surface area contributed by atoms with Crippen molar-refractivity contribution in [3.05, 3.63) is 24.3 Å². The molecule has 120 valence electrons. The van der Waals surface area contributed by atoms with E-state index in [0.717, 1.165) is 6.42 Å². The van der Waals surface area contributed by atoms with E-state index >= 15 is 0 Å². The summed E-state index contributed by atoms with van der Waals surface area (Å²) in [5.41, 5.74) is 0.692. The average Bonchev–Trinajstić information content (AvgIpc) is 2.43. The van der Waals surface area contributed by atoms with E-state index in [1.54, 1.807) is 7.11 Å². The number of halogens is 2. The normalized spacial score (nSPS) is 12.7. The van der Waals surface area contributed by atoms with Gasteiger partial charge in [0.1, 0.15) is 0 Å². The first-order valence-electron chi connectivity index (χ1n) is 6.54. The summed E-state index contributed by atoms with van der Waals surface area (Å²) >= 11 is 0. The van der Waals surface area contributed by atoms with Crippen LogP contribution in [0.5, 0.6) is 0 Å². The van der Waals surface area contributed by atoms with Gasteiger partial charge in [-0.2, -0.15) is 8.78 Å². The second kappa shape index (κ2) is 7.17. The third-order valence-electron chi connectivity index (χ3n) is 3.17. The number of ether oxygens (including phenoxy) is 1. The minimum absolute atomic E-state index is 0.00370. The predicted molar refractivity (Wildman–Crippen MR) is 78.4 cm³/mol. The molecule has 1 aromatic rings. The Kier molecular flexibility index (Phi) is 6.10. The van der Waals surface area contributed by atoms with Crippen LogP contribution in [0.1, 0.15) is 20.3 Å². The van der Waals surface area contributed by atoms with E-state index in [1.807, 2.05) is 0 Å². The lowest BCUT2D eigenvalue weighted by molar-refractivity contribution is 0.157. The van der Waals surface area contributed by atoms with Gasteiger partial charge in [0.25, 0.3) is 0 Å². The van der Waals surface area contributed by atoms with Crippen molar-refractivity contribution in [2.45, 2.75) is 30.9 Å². The molecule has 21 heavy (non-hydrogen) atoms. The molecule has 0 aliphatic rings. The summed E-state index contributed by atoms with van der Waals surface area (Å²) in [6, 6.07) is 5.35. The Labute approximate surface area is 124 Å². The molecule has 4 nitrogen and oxygen atoms in total. The number of alkyl halides is 2. The monoisotopic (exact) mass is 321 g/mol. The fraction of sp³-hybridized carbons (Fsp3) is 0.571. The molecule has 0 bridgehead atoms. The standard InChI is InChI=1S/C14H21F2NO3S/c1-14(2,8-9-20-3)10-17-11-4-6-12(7-5-11)21(18,19)13(15)16/h4-7,13,17H,8-10H2,1-3H3. The minimum atomic E-state index is -4.53. The summed E-state index contributed by atoms with van der Waals surface area (Å²) in [6.45, 7) is 5.47. The number of benzene rings is 1. The lowest BCUT2D eigenvalue weighted by Gasteiger charge is -2.25. The largest absolute Gasteiger partial charge is 0.385 e. The molecule has 0 aromatic heterocycles. The van der Waals surface area contributed by atoms with Gasteiger partial charge >= 0.3 is 5.76 Å². The van der Waals surface area contributed by atoms with Gasteiger partial charge in [-0.3, -0.25) is 0 Å². The summed E-state index contributed by atoms with van der Waals surface area (Å²) < 4.78 is 52.4. The Bertz CT molecular complexity index is 542. The molecule has 0 spiro atoms. The van der Waals surface area contributed by atoms with E-state index in [4.69, 9.17) is 4.74 Å². The van der Waals surface area contributed by atoms with Crippen LogP contribution < -0.4 is 5.32 Å². The van der Waals surface area contributed by atoms with Crippen LogP contribution in [0.15, 0.2) is 29.2 Å². The molecule has 0 fully saturated rings. The van der Waals surface area contributed by atoms with Gasteiger partial charge in [0, 0.05) is 25.9 Å². The molecule has 0 heterocycles. The van der Waals surface area contributed by atoms with Crippen LogP contribution >= 0.6 is 0 Å². The van der Waals surface area contributed by atoms with Crippen LogP contribution in [0.3, 0.4) is 0 Å². The van der Waals surface area contributed by atoms with Crippen LogP contribution in [0.4, 0.5) is 14.5 Å². The smallest absolute Gasteiger partial charge is 0.341 e. The van der Waals surface area contributed by atoms with Crippen LogP contribution in [0.2, 0.25) is 0 Å². The molecule has 1 N–H and O–H groups in total. The van der Waals surface area contributed by atoms with Crippen molar-refractivity contribution in [2.75, 3.05) is 25.6 Å². The molecule has 0 saturated carbocycles. The van der Waals surface area contributed by atoms with Gasteiger partial charge in [0.05, 0.1) is 4.90 Å². The van der Waals surface area contributed by atoms with Gasteiger partial charge in [0.15, 0.2) is 0 Å². The average molecular weight is 321 g/mol. The molecular formula is C14H21F2NO3S. The topological polar surface area (TPSA) is 55.4 Å². The third-order valence-corrected chi connectivity index (χ3v) is 4.57. The molecule has 1 aromatic carbocycles.